The summed E-state index contributed by atoms with van der Waals surface area (Å²) in [6.07, 6.45) is 3.27. The lowest BCUT2D eigenvalue weighted by molar-refractivity contribution is 0.0370. The highest BCUT2D eigenvalue weighted by Gasteiger charge is 2.32. The maximum absolute atomic E-state index is 13.0. The van der Waals surface area contributed by atoms with Crippen LogP contribution in [0.4, 0.5) is 4.39 Å². The number of β-amino-alcohol motifs (C(OH)–C–C–N with tert-alkyl or cyclic N) is 1. The van der Waals surface area contributed by atoms with Gasteiger partial charge in [-0.1, -0.05) is 12.1 Å². The molecule has 2 heterocycles. The van der Waals surface area contributed by atoms with Gasteiger partial charge in [0.15, 0.2) is 5.82 Å². The van der Waals surface area contributed by atoms with Crippen LogP contribution in [0.25, 0.3) is 0 Å². The number of aryl methyl sites for hydroxylation is 1. The van der Waals surface area contributed by atoms with Gasteiger partial charge in [-0.25, -0.2) is 9.37 Å². The molecule has 0 unspecified atom stereocenters. The molecule has 5 nitrogen and oxygen atoms in total. The van der Waals surface area contributed by atoms with E-state index in [-0.39, 0.29) is 24.2 Å². The first kappa shape index (κ1) is 14.7. The van der Waals surface area contributed by atoms with E-state index >= 15 is 0 Å². The fraction of sp³-hybridized carbons (Fsp3) is 0.375. The molecule has 0 aliphatic carbocycles. The number of rotatable bonds is 2. The van der Waals surface area contributed by atoms with Crippen molar-refractivity contribution >= 4 is 5.91 Å². The average molecular weight is 303 g/mol. The van der Waals surface area contributed by atoms with Crippen molar-refractivity contribution < 1.29 is 14.3 Å². The Morgan fingerprint density at radius 1 is 1.36 bits per heavy atom. The van der Waals surface area contributed by atoms with Gasteiger partial charge in [0, 0.05) is 38.4 Å². The van der Waals surface area contributed by atoms with Gasteiger partial charge in [-0.05, 0) is 24.1 Å². The summed E-state index contributed by atoms with van der Waals surface area (Å²) in [5.41, 5.74) is 0.901. The van der Waals surface area contributed by atoms with Gasteiger partial charge in [-0.2, -0.15) is 0 Å². The molecule has 1 saturated heterocycles. The number of nitrogens with zero attached hydrogens (tertiary/aromatic N) is 3. The third kappa shape index (κ3) is 2.74. The van der Waals surface area contributed by atoms with Crippen LogP contribution in [0.2, 0.25) is 0 Å². The number of piperidine rings is 1. The van der Waals surface area contributed by atoms with Gasteiger partial charge >= 0.3 is 0 Å². The van der Waals surface area contributed by atoms with Crippen molar-refractivity contribution in [1.29, 1.82) is 0 Å². The molecule has 0 radical (unpaired) electrons. The van der Waals surface area contributed by atoms with Crippen LogP contribution in [-0.4, -0.2) is 44.7 Å². The van der Waals surface area contributed by atoms with E-state index in [9.17, 15) is 14.3 Å². The molecule has 2 aromatic rings. The molecule has 0 saturated carbocycles. The summed E-state index contributed by atoms with van der Waals surface area (Å²) in [4.78, 5) is 18.1. The van der Waals surface area contributed by atoms with E-state index in [0.717, 1.165) is 5.56 Å². The van der Waals surface area contributed by atoms with E-state index in [1.54, 1.807) is 41.0 Å². The lowest BCUT2D eigenvalue weighted by atomic mass is 9.87. The number of benzene rings is 1. The molecule has 1 aliphatic heterocycles. The number of amides is 1. The van der Waals surface area contributed by atoms with Gasteiger partial charge in [0.1, 0.15) is 5.82 Å². The Balaban J connectivity index is 1.71. The van der Waals surface area contributed by atoms with E-state index < -0.39 is 6.10 Å². The second-order valence-corrected chi connectivity index (χ2v) is 5.63. The van der Waals surface area contributed by atoms with Crippen LogP contribution in [0.3, 0.4) is 0 Å². The quantitative estimate of drug-likeness (QED) is 0.916. The number of carbonyl (C=O) groups excluding carboxylic acids is 1. The normalized spacial score (nSPS) is 21.9. The predicted molar refractivity (Wildman–Crippen MR) is 78.9 cm³/mol. The van der Waals surface area contributed by atoms with Gasteiger partial charge in [-0.3, -0.25) is 4.79 Å². The van der Waals surface area contributed by atoms with Gasteiger partial charge < -0.3 is 14.6 Å². The molecule has 116 valence electrons. The largest absolute Gasteiger partial charge is 0.391 e. The molecule has 3 rings (SSSR count). The second-order valence-electron chi connectivity index (χ2n) is 5.63. The van der Waals surface area contributed by atoms with Crippen LogP contribution in [-0.2, 0) is 7.05 Å². The molecular weight excluding hydrogens is 285 g/mol. The summed E-state index contributed by atoms with van der Waals surface area (Å²) < 4.78 is 14.7. The van der Waals surface area contributed by atoms with E-state index in [1.165, 1.54) is 12.1 Å². The Morgan fingerprint density at radius 2 is 2.09 bits per heavy atom. The number of likely N-dealkylation sites (tertiary alicyclic amines) is 1. The Labute approximate surface area is 128 Å². The summed E-state index contributed by atoms with van der Waals surface area (Å²) >= 11 is 0. The summed E-state index contributed by atoms with van der Waals surface area (Å²) in [6, 6.07) is 6.18. The topological polar surface area (TPSA) is 58.4 Å². The zero-order valence-electron chi connectivity index (χ0n) is 12.3. The number of aliphatic hydroxyl groups excluding tert-OH is 1. The first-order chi connectivity index (χ1) is 10.6. The van der Waals surface area contributed by atoms with E-state index in [0.29, 0.717) is 18.8 Å². The molecule has 1 amide bonds. The van der Waals surface area contributed by atoms with Crippen molar-refractivity contribution in [3.05, 3.63) is 53.9 Å². The van der Waals surface area contributed by atoms with Crippen LogP contribution >= 0.6 is 0 Å². The molecule has 1 N–H and O–H groups in total. The van der Waals surface area contributed by atoms with Crippen LogP contribution in [0.1, 0.15) is 28.5 Å². The molecule has 1 aromatic carbocycles. The number of hydrogen-bond acceptors (Lipinski definition) is 3. The van der Waals surface area contributed by atoms with Crippen molar-refractivity contribution in [3.8, 4) is 0 Å². The number of aromatic nitrogens is 2. The van der Waals surface area contributed by atoms with Crippen molar-refractivity contribution in [1.82, 2.24) is 14.5 Å². The van der Waals surface area contributed by atoms with Crippen molar-refractivity contribution in [2.45, 2.75) is 18.4 Å². The number of hydrogen-bond donors (Lipinski definition) is 1. The Bertz CT molecular complexity index is 668. The first-order valence-corrected chi connectivity index (χ1v) is 7.26. The SMILES string of the molecule is Cn1ccnc1C(=O)N1CC[C@@H](c2ccc(F)cc2)[C@H](O)C1. The highest BCUT2D eigenvalue weighted by atomic mass is 19.1. The van der Waals surface area contributed by atoms with E-state index in [2.05, 4.69) is 4.98 Å². The first-order valence-electron chi connectivity index (χ1n) is 7.26. The standard InChI is InChI=1S/C16H18FN3O2/c1-19-9-7-18-15(19)16(22)20-8-6-13(14(21)10-20)11-2-4-12(17)5-3-11/h2-5,7,9,13-14,21H,6,8,10H2,1H3/t13-,14+/m0/s1. The fourth-order valence-corrected chi connectivity index (χ4v) is 2.93. The number of halogens is 1. The third-order valence-corrected chi connectivity index (χ3v) is 4.18. The van der Waals surface area contributed by atoms with Crippen LogP contribution < -0.4 is 0 Å². The Morgan fingerprint density at radius 3 is 2.68 bits per heavy atom. The highest BCUT2D eigenvalue weighted by molar-refractivity contribution is 5.90. The summed E-state index contributed by atoms with van der Waals surface area (Å²) in [5.74, 6) is -0.178. The van der Waals surface area contributed by atoms with Crippen LogP contribution in [0.15, 0.2) is 36.7 Å². The van der Waals surface area contributed by atoms with Gasteiger partial charge in [0.05, 0.1) is 6.10 Å². The van der Waals surface area contributed by atoms with Crippen molar-refractivity contribution in [3.63, 3.8) is 0 Å². The molecule has 0 spiro atoms. The van der Waals surface area contributed by atoms with Gasteiger partial charge in [0.25, 0.3) is 5.91 Å². The number of carbonyl (C=O) groups is 1. The Kier molecular flexibility index (Phi) is 3.94. The minimum absolute atomic E-state index is 0.0778. The zero-order valence-corrected chi connectivity index (χ0v) is 12.3. The smallest absolute Gasteiger partial charge is 0.289 e. The third-order valence-electron chi connectivity index (χ3n) is 4.18. The van der Waals surface area contributed by atoms with E-state index in [4.69, 9.17) is 0 Å². The van der Waals surface area contributed by atoms with Gasteiger partial charge in [0.2, 0.25) is 0 Å². The second kappa shape index (κ2) is 5.88. The van der Waals surface area contributed by atoms with Crippen LogP contribution in [0, 0.1) is 5.82 Å². The summed E-state index contributed by atoms with van der Waals surface area (Å²) in [6.45, 7) is 0.804. The minimum atomic E-state index is -0.663. The molecular formula is C16H18FN3O2. The van der Waals surface area contributed by atoms with Crippen molar-refractivity contribution in [2.75, 3.05) is 13.1 Å². The van der Waals surface area contributed by atoms with Gasteiger partial charge in [-0.15, -0.1) is 0 Å². The van der Waals surface area contributed by atoms with Crippen molar-refractivity contribution in [2.24, 2.45) is 7.05 Å². The predicted octanol–water partition coefficient (Wildman–Crippen LogP) is 1.55. The molecule has 6 heteroatoms. The summed E-state index contributed by atoms with van der Waals surface area (Å²) in [7, 11) is 1.77. The molecule has 2 atom stereocenters. The number of imidazole rings is 1. The highest BCUT2D eigenvalue weighted by Crippen LogP contribution is 2.29. The molecule has 1 aliphatic rings. The molecule has 1 fully saturated rings. The zero-order chi connectivity index (χ0) is 15.7. The molecule has 0 bridgehead atoms. The average Bonchev–Trinajstić information content (AvgIpc) is 2.93. The van der Waals surface area contributed by atoms with E-state index in [1.807, 2.05) is 0 Å². The fourth-order valence-electron chi connectivity index (χ4n) is 2.93. The summed E-state index contributed by atoms with van der Waals surface area (Å²) in [5, 5.41) is 10.4. The maximum atomic E-state index is 13.0. The lowest BCUT2D eigenvalue weighted by Gasteiger charge is -2.36. The maximum Gasteiger partial charge on any atom is 0.289 e. The van der Waals surface area contributed by atoms with Crippen LogP contribution in [0.5, 0.6) is 0 Å². The minimum Gasteiger partial charge on any atom is -0.391 e. The Hall–Kier alpha value is -2.21. The monoisotopic (exact) mass is 303 g/mol. The lowest BCUT2D eigenvalue weighted by Crippen LogP contribution is -2.46. The molecule has 22 heavy (non-hydrogen) atoms. The molecule has 1 aromatic heterocycles. The number of aliphatic hydroxyl groups is 1.